The largest absolute Gasteiger partial charge is 0.375 e. The van der Waals surface area contributed by atoms with E-state index in [1.807, 2.05) is 13.8 Å². The molecular weight excluding hydrogens is 278 g/mol. The third-order valence-corrected chi connectivity index (χ3v) is 4.75. The van der Waals surface area contributed by atoms with Crippen LogP contribution in [0.5, 0.6) is 0 Å². The van der Waals surface area contributed by atoms with Crippen molar-refractivity contribution in [1.82, 2.24) is 20.6 Å². The van der Waals surface area contributed by atoms with Crippen molar-refractivity contribution in [1.29, 1.82) is 0 Å². The van der Waals surface area contributed by atoms with Crippen LogP contribution in [0.4, 0.5) is 5.69 Å². The molecule has 1 aromatic carbocycles. The number of nitrogens with zero attached hydrogens (tertiary/aromatic N) is 3. The van der Waals surface area contributed by atoms with E-state index in [1.54, 1.807) is 24.3 Å². The second-order valence-corrected chi connectivity index (χ2v) is 6.59. The van der Waals surface area contributed by atoms with Crippen LogP contribution in [0.3, 0.4) is 0 Å². The van der Waals surface area contributed by atoms with Crippen LogP contribution in [0.1, 0.15) is 32.1 Å². The summed E-state index contributed by atoms with van der Waals surface area (Å²) in [5, 5.41) is 16.8. The Kier molecular flexibility index (Phi) is 4.33. The van der Waals surface area contributed by atoms with Gasteiger partial charge in [0.15, 0.2) is 15.7 Å². The number of nitrogens with one attached hydrogen (secondary N) is 2. The third-order valence-electron chi connectivity index (χ3n) is 2.82. The monoisotopic (exact) mass is 295 g/mol. The summed E-state index contributed by atoms with van der Waals surface area (Å²) in [6.45, 7) is 3.74. The van der Waals surface area contributed by atoms with Crippen LogP contribution in [0.15, 0.2) is 29.2 Å². The fourth-order valence-corrected chi connectivity index (χ4v) is 3.14. The number of tetrazole rings is 1. The van der Waals surface area contributed by atoms with Crippen molar-refractivity contribution in [3.8, 4) is 0 Å². The van der Waals surface area contributed by atoms with E-state index in [1.165, 1.54) is 0 Å². The van der Waals surface area contributed by atoms with Gasteiger partial charge in [-0.15, -0.1) is 10.2 Å². The summed E-state index contributed by atoms with van der Waals surface area (Å²) in [7, 11) is -3.17. The number of aromatic amines is 1. The molecule has 0 aliphatic heterocycles. The molecule has 1 atom stereocenters. The molecule has 108 valence electrons. The molecule has 0 radical (unpaired) electrons. The molecule has 2 rings (SSSR count). The molecule has 2 aromatic rings. The van der Waals surface area contributed by atoms with Gasteiger partial charge in [0.05, 0.1) is 16.7 Å². The number of anilines is 1. The quantitative estimate of drug-likeness (QED) is 0.838. The maximum absolute atomic E-state index is 11.9. The Morgan fingerprint density at radius 3 is 2.55 bits per heavy atom. The number of hydrogen-bond donors (Lipinski definition) is 2. The molecule has 8 heteroatoms. The molecule has 1 heterocycles. The standard InChI is InChI=1S/C12H17N5O2S/c1-3-8-20(18,19)11-6-4-10(5-7-11)13-9(2)12-14-16-17-15-12/h4-7,9,13H,3,8H2,1-2H3,(H,14,15,16,17). The predicted molar refractivity (Wildman–Crippen MR) is 75.0 cm³/mol. The highest BCUT2D eigenvalue weighted by atomic mass is 32.2. The molecule has 0 aliphatic carbocycles. The van der Waals surface area contributed by atoms with Crippen LogP contribution >= 0.6 is 0 Å². The first kappa shape index (κ1) is 14.4. The molecule has 7 nitrogen and oxygen atoms in total. The summed E-state index contributed by atoms with van der Waals surface area (Å²) in [6, 6.07) is 6.57. The van der Waals surface area contributed by atoms with Crippen LogP contribution in [0.2, 0.25) is 0 Å². The molecule has 2 N–H and O–H groups in total. The Hall–Kier alpha value is -1.96. The van der Waals surface area contributed by atoms with Crippen LogP contribution in [0.25, 0.3) is 0 Å². The summed E-state index contributed by atoms with van der Waals surface area (Å²) >= 11 is 0. The SMILES string of the molecule is CCCS(=O)(=O)c1ccc(NC(C)c2nn[nH]n2)cc1. The molecule has 0 aliphatic rings. The van der Waals surface area contributed by atoms with Crippen LogP contribution in [-0.2, 0) is 9.84 Å². The van der Waals surface area contributed by atoms with Gasteiger partial charge in [-0.25, -0.2) is 8.42 Å². The van der Waals surface area contributed by atoms with E-state index in [4.69, 9.17) is 0 Å². The zero-order valence-corrected chi connectivity index (χ0v) is 12.2. The van der Waals surface area contributed by atoms with Crippen molar-refractivity contribution in [2.45, 2.75) is 31.2 Å². The Balaban J connectivity index is 2.09. The van der Waals surface area contributed by atoms with Crippen molar-refractivity contribution < 1.29 is 8.42 Å². The minimum absolute atomic E-state index is 0.119. The Bertz CT molecular complexity index is 637. The van der Waals surface area contributed by atoms with E-state index in [0.29, 0.717) is 17.1 Å². The number of benzene rings is 1. The first-order valence-corrected chi connectivity index (χ1v) is 8.01. The van der Waals surface area contributed by atoms with Gasteiger partial charge in [-0.05, 0) is 37.6 Å². The van der Waals surface area contributed by atoms with Gasteiger partial charge in [0.25, 0.3) is 0 Å². The Morgan fingerprint density at radius 1 is 1.30 bits per heavy atom. The molecule has 0 bridgehead atoms. The molecule has 0 fully saturated rings. The van der Waals surface area contributed by atoms with E-state index >= 15 is 0 Å². The zero-order valence-electron chi connectivity index (χ0n) is 11.4. The topological polar surface area (TPSA) is 101 Å². The maximum atomic E-state index is 11.9. The summed E-state index contributed by atoms with van der Waals surface area (Å²) in [4.78, 5) is 0.345. The molecule has 0 amide bonds. The third kappa shape index (κ3) is 3.32. The van der Waals surface area contributed by atoms with Crippen molar-refractivity contribution in [3.63, 3.8) is 0 Å². The van der Waals surface area contributed by atoms with Crippen molar-refractivity contribution in [2.75, 3.05) is 11.1 Å². The van der Waals surface area contributed by atoms with E-state index in [0.717, 1.165) is 5.69 Å². The summed E-state index contributed by atoms with van der Waals surface area (Å²) < 4.78 is 23.8. The number of aromatic nitrogens is 4. The lowest BCUT2D eigenvalue weighted by Gasteiger charge is -2.12. The first-order chi connectivity index (χ1) is 9.53. The van der Waals surface area contributed by atoms with Crippen LogP contribution in [-0.4, -0.2) is 34.8 Å². The molecule has 1 unspecified atom stereocenters. The van der Waals surface area contributed by atoms with Gasteiger partial charge in [0.2, 0.25) is 0 Å². The lowest BCUT2D eigenvalue weighted by atomic mass is 10.2. The van der Waals surface area contributed by atoms with Crippen LogP contribution < -0.4 is 5.32 Å². The maximum Gasteiger partial charge on any atom is 0.196 e. The van der Waals surface area contributed by atoms with Gasteiger partial charge < -0.3 is 5.32 Å². The minimum Gasteiger partial charge on any atom is -0.375 e. The normalized spacial score (nSPS) is 13.1. The van der Waals surface area contributed by atoms with E-state index in [-0.39, 0.29) is 11.8 Å². The van der Waals surface area contributed by atoms with Crippen LogP contribution in [0, 0.1) is 0 Å². The molecule has 20 heavy (non-hydrogen) atoms. The summed E-state index contributed by atoms with van der Waals surface area (Å²) in [5.74, 6) is 0.714. The lowest BCUT2D eigenvalue weighted by molar-refractivity contribution is 0.594. The number of H-pyrrole nitrogens is 1. The fraction of sp³-hybridized carbons (Fsp3) is 0.417. The van der Waals surface area contributed by atoms with Gasteiger partial charge in [0, 0.05) is 5.69 Å². The fourth-order valence-electron chi connectivity index (χ4n) is 1.81. The Labute approximate surface area is 117 Å². The van der Waals surface area contributed by atoms with Crippen molar-refractivity contribution in [3.05, 3.63) is 30.1 Å². The Morgan fingerprint density at radius 2 is 2.00 bits per heavy atom. The number of rotatable bonds is 6. The van der Waals surface area contributed by atoms with Gasteiger partial charge in [-0.1, -0.05) is 12.1 Å². The lowest BCUT2D eigenvalue weighted by Crippen LogP contribution is -2.09. The zero-order chi connectivity index (χ0) is 14.6. The summed E-state index contributed by atoms with van der Waals surface area (Å²) in [6.07, 6.45) is 0.608. The predicted octanol–water partition coefficient (Wildman–Crippen LogP) is 1.56. The minimum atomic E-state index is -3.17. The highest BCUT2D eigenvalue weighted by Gasteiger charge is 2.14. The van der Waals surface area contributed by atoms with Gasteiger partial charge in [-0.2, -0.15) is 5.21 Å². The van der Waals surface area contributed by atoms with E-state index < -0.39 is 9.84 Å². The first-order valence-electron chi connectivity index (χ1n) is 6.35. The number of hydrogen-bond acceptors (Lipinski definition) is 6. The van der Waals surface area contributed by atoms with Crippen molar-refractivity contribution in [2.24, 2.45) is 0 Å². The van der Waals surface area contributed by atoms with E-state index in [9.17, 15) is 8.42 Å². The average molecular weight is 295 g/mol. The molecule has 1 aromatic heterocycles. The summed E-state index contributed by atoms with van der Waals surface area (Å²) in [5.41, 5.74) is 0.803. The molecule has 0 spiro atoms. The van der Waals surface area contributed by atoms with Gasteiger partial charge >= 0.3 is 0 Å². The second-order valence-electron chi connectivity index (χ2n) is 4.48. The highest BCUT2D eigenvalue weighted by molar-refractivity contribution is 7.91. The smallest absolute Gasteiger partial charge is 0.196 e. The number of sulfone groups is 1. The van der Waals surface area contributed by atoms with Crippen molar-refractivity contribution >= 4 is 15.5 Å². The average Bonchev–Trinajstić information content (AvgIpc) is 2.93. The van der Waals surface area contributed by atoms with Gasteiger partial charge in [0.1, 0.15) is 0 Å². The second kappa shape index (κ2) is 6.00. The highest BCUT2D eigenvalue weighted by Crippen LogP contribution is 2.19. The molecule has 0 saturated carbocycles. The van der Waals surface area contributed by atoms with E-state index in [2.05, 4.69) is 25.9 Å². The molecular formula is C12H17N5O2S. The van der Waals surface area contributed by atoms with Gasteiger partial charge in [-0.3, -0.25) is 0 Å². The molecule has 0 saturated heterocycles.